The van der Waals surface area contributed by atoms with Crippen LogP contribution in [0.25, 0.3) is 16.7 Å². The summed E-state index contributed by atoms with van der Waals surface area (Å²) in [6.45, 7) is 0. The van der Waals surface area contributed by atoms with E-state index in [0.29, 0.717) is 22.6 Å². The molecule has 0 unspecified atom stereocenters. The van der Waals surface area contributed by atoms with E-state index in [1.807, 2.05) is 30.5 Å². The van der Waals surface area contributed by atoms with E-state index >= 15 is 0 Å². The first-order valence-electron chi connectivity index (χ1n) is 6.91. The summed E-state index contributed by atoms with van der Waals surface area (Å²) in [5.74, 6) is 0.146. The van der Waals surface area contributed by atoms with E-state index in [-0.39, 0.29) is 5.56 Å². The van der Waals surface area contributed by atoms with Crippen LogP contribution in [0.2, 0.25) is 0 Å². The summed E-state index contributed by atoms with van der Waals surface area (Å²) >= 11 is 0. The van der Waals surface area contributed by atoms with Gasteiger partial charge in [-0.3, -0.25) is 0 Å². The van der Waals surface area contributed by atoms with E-state index < -0.39 is 5.97 Å². The molecule has 0 saturated heterocycles. The maximum atomic E-state index is 11.5. The van der Waals surface area contributed by atoms with E-state index in [4.69, 9.17) is 0 Å². The molecule has 1 N–H and O–H groups in total. The third-order valence-electron chi connectivity index (χ3n) is 3.77. The van der Waals surface area contributed by atoms with Crippen molar-refractivity contribution in [3.05, 3.63) is 53.9 Å². The Labute approximate surface area is 120 Å². The largest absolute Gasteiger partial charge is 0.478 e. The van der Waals surface area contributed by atoms with Crippen LogP contribution in [0.3, 0.4) is 0 Å². The Bertz CT molecular complexity index is 850. The predicted molar refractivity (Wildman–Crippen MR) is 77.8 cm³/mol. The van der Waals surface area contributed by atoms with Gasteiger partial charge in [0.25, 0.3) is 0 Å². The molecule has 2 aromatic heterocycles. The Morgan fingerprint density at radius 1 is 1.24 bits per heavy atom. The lowest BCUT2D eigenvalue weighted by atomic mass is 10.1. The van der Waals surface area contributed by atoms with Crippen LogP contribution in [0.5, 0.6) is 0 Å². The third-order valence-corrected chi connectivity index (χ3v) is 3.77. The van der Waals surface area contributed by atoms with Crippen LogP contribution in [0, 0.1) is 0 Å². The van der Waals surface area contributed by atoms with E-state index in [9.17, 15) is 9.90 Å². The van der Waals surface area contributed by atoms with Crippen molar-refractivity contribution in [2.45, 2.75) is 18.8 Å². The summed E-state index contributed by atoms with van der Waals surface area (Å²) in [5, 5.41) is 14.6. The topological polar surface area (TPSA) is 68.0 Å². The van der Waals surface area contributed by atoms with Gasteiger partial charge in [-0.1, -0.05) is 18.2 Å². The quantitative estimate of drug-likeness (QED) is 0.800. The van der Waals surface area contributed by atoms with Gasteiger partial charge < -0.3 is 5.11 Å². The average Bonchev–Trinajstić information content (AvgIpc) is 3.23. The van der Waals surface area contributed by atoms with Gasteiger partial charge in [0.2, 0.25) is 0 Å². The first-order valence-corrected chi connectivity index (χ1v) is 6.91. The number of fused-ring (bicyclic) bond motifs is 1. The smallest absolute Gasteiger partial charge is 0.336 e. The number of hydrogen-bond donors (Lipinski definition) is 1. The Morgan fingerprint density at radius 2 is 2.05 bits per heavy atom. The first-order chi connectivity index (χ1) is 10.2. The maximum absolute atomic E-state index is 11.5. The molecule has 1 aliphatic carbocycles. The average molecular weight is 279 g/mol. The summed E-state index contributed by atoms with van der Waals surface area (Å²) in [5.41, 5.74) is 1.97. The number of rotatable bonds is 3. The lowest BCUT2D eigenvalue weighted by Crippen LogP contribution is -2.05. The second kappa shape index (κ2) is 4.41. The normalized spacial score (nSPS) is 14.5. The standard InChI is InChI=1S/C16H13N3O2/c20-16(21)12-9-15(17-14-4-2-1-3-11(12)14)19-8-7-13(18-19)10-5-6-10/h1-4,7-10H,5-6H2,(H,20,21). The molecule has 21 heavy (non-hydrogen) atoms. The molecule has 0 aliphatic heterocycles. The van der Waals surface area contributed by atoms with Crippen molar-refractivity contribution in [2.24, 2.45) is 0 Å². The summed E-state index contributed by atoms with van der Waals surface area (Å²) < 4.78 is 1.66. The zero-order valence-electron chi connectivity index (χ0n) is 11.2. The number of aromatic nitrogens is 3. The predicted octanol–water partition coefficient (Wildman–Crippen LogP) is 3.00. The number of aromatic carboxylic acids is 1. The maximum Gasteiger partial charge on any atom is 0.336 e. The molecule has 0 amide bonds. The van der Waals surface area contributed by atoms with Crippen molar-refractivity contribution in [2.75, 3.05) is 0 Å². The Morgan fingerprint density at radius 3 is 2.81 bits per heavy atom. The fourth-order valence-corrected chi connectivity index (χ4v) is 2.52. The van der Waals surface area contributed by atoms with Crippen molar-refractivity contribution in [3.63, 3.8) is 0 Å². The van der Waals surface area contributed by atoms with Crippen LogP contribution < -0.4 is 0 Å². The van der Waals surface area contributed by atoms with Crippen molar-refractivity contribution in [3.8, 4) is 5.82 Å². The number of benzene rings is 1. The highest BCUT2D eigenvalue weighted by molar-refractivity contribution is 6.02. The molecular formula is C16H13N3O2. The van der Waals surface area contributed by atoms with Crippen LogP contribution in [-0.2, 0) is 0 Å². The van der Waals surface area contributed by atoms with E-state index in [1.54, 1.807) is 16.8 Å². The lowest BCUT2D eigenvalue weighted by molar-refractivity contribution is 0.0699. The summed E-state index contributed by atoms with van der Waals surface area (Å²) in [4.78, 5) is 16.0. The zero-order valence-corrected chi connectivity index (χ0v) is 11.2. The van der Waals surface area contributed by atoms with Gasteiger partial charge in [0, 0.05) is 17.5 Å². The number of hydrogen-bond acceptors (Lipinski definition) is 3. The number of pyridine rings is 1. The van der Waals surface area contributed by atoms with Gasteiger partial charge in [-0.25, -0.2) is 14.5 Å². The number of para-hydroxylation sites is 1. The highest BCUT2D eigenvalue weighted by atomic mass is 16.4. The van der Waals surface area contributed by atoms with Crippen LogP contribution >= 0.6 is 0 Å². The molecule has 2 heterocycles. The molecular weight excluding hydrogens is 266 g/mol. The highest BCUT2D eigenvalue weighted by Crippen LogP contribution is 2.39. The molecule has 104 valence electrons. The number of carbonyl (C=O) groups is 1. The molecule has 4 rings (SSSR count). The van der Waals surface area contributed by atoms with Crippen molar-refractivity contribution < 1.29 is 9.90 Å². The second-order valence-corrected chi connectivity index (χ2v) is 5.31. The minimum atomic E-state index is -0.954. The van der Waals surface area contributed by atoms with E-state index in [0.717, 1.165) is 5.69 Å². The molecule has 5 nitrogen and oxygen atoms in total. The molecule has 0 bridgehead atoms. The zero-order chi connectivity index (χ0) is 14.4. The SMILES string of the molecule is O=C(O)c1cc(-n2ccc(C3CC3)n2)nc2ccccc12. The van der Waals surface area contributed by atoms with Crippen molar-refractivity contribution in [1.82, 2.24) is 14.8 Å². The monoisotopic (exact) mass is 279 g/mol. The summed E-state index contributed by atoms with van der Waals surface area (Å²) in [7, 11) is 0. The fourth-order valence-electron chi connectivity index (χ4n) is 2.52. The summed E-state index contributed by atoms with van der Waals surface area (Å²) in [6.07, 6.45) is 4.21. The van der Waals surface area contributed by atoms with Crippen LogP contribution in [0.1, 0.15) is 34.8 Å². The fraction of sp³-hybridized carbons (Fsp3) is 0.188. The molecule has 1 fully saturated rings. The molecule has 0 radical (unpaired) electrons. The minimum absolute atomic E-state index is 0.249. The van der Waals surface area contributed by atoms with Gasteiger partial charge in [-0.15, -0.1) is 0 Å². The van der Waals surface area contributed by atoms with Gasteiger partial charge in [-0.2, -0.15) is 5.10 Å². The van der Waals surface area contributed by atoms with Crippen LogP contribution in [0.15, 0.2) is 42.6 Å². The molecule has 0 spiro atoms. The number of carboxylic acids is 1. The van der Waals surface area contributed by atoms with E-state index in [1.165, 1.54) is 12.8 Å². The molecule has 1 saturated carbocycles. The Hall–Kier alpha value is -2.69. The van der Waals surface area contributed by atoms with Gasteiger partial charge in [0.05, 0.1) is 16.8 Å². The third kappa shape index (κ3) is 2.07. The van der Waals surface area contributed by atoms with Crippen LogP contribution in [0.4, 0.5) is 0 Å². The summed E-state index contributed by atoms with van der Waals surface area (Å²) in [6, 6.07) is 10.8. The Kier molecular flexibility index (Phi) is 2.54. The molecule has 3 aromatic rings. The molecule has 5 heteroatoms. The van der Waals surface area contributed by atoms with E-state index in [2.05, 4.69) is 10.1 Å². The van der Waals surface area contributed by atoms with Gasteiger partial charge >= 0.3 is 5.97 Å². The minimum Gasteiger partial charge on any atom is -0.478 e. The number of carboxylic acid groups (broad SMARTS) is 1. The second-order valence-electron chi connectivity index (χ2n) is 5.31. The van der Waals surface area contributed by atoms with Gasteiger partial charge in [-0.05, 0) is 31.0 Å². The van der Waals surface area contributed by atoms with Crippen LogP contribution in [-0.4, -0.2) is 25.8 Å². The van der Waals surface area contributed by atoms with Crippen molar-refractivity contribution >= 4 is 16.9 Å². The van der Waals surface area contributed by atoms with Gasteiger partial charge in [0.15, 0.2) is 5.82 Å². The number of nitrogens with zero attached hydrogens (tertiary/aromatic N) is 3. The molecule has 0 atom stereocenters. The first kappa shape index (κ1) is 12.1. The molecule has 1 aromatic carbocycles. The molecule has 1 aliphatic rings. The van der Waals surface area contributed by atoms with Gasteiger partial charge in [0.1, 0.15) is 0 Å². The highest BCUT2D eigenvalue weighted by Gasteiger charge is 2.26. The Balaban J connectivity index is 1.89. The lowest BCUT2D eigenvalue weighted by Gasteiger charge is -2.06. The van der Waals surface area contributed by atoms with Crippen molar-refractivity contribution in [1.29, 1.82) is 0 Å².